The highest BCUT2D eigenvalue weighted by Crippen LogP contribution is 2.32. The van der Waals surface area contributed by atoms with Crippen LogP contribution in [0.15, 0.2) is 52.9 Å². The highest BCUT2D eigenvalue weighted by Gasteiger charge is 2.27. The maximum Gasteiger partial charge on any atom is 0.134 e. The van der Waals surface area contributed by atoms with Crippen LogP contribution < -0.4 is 14.8 Å². The number of hydrogen-bond donors (Lipinski definition) is 1. The van der Waals surface area contributed by atoms with E-state index in [0.29, 0.717) is 0 Å². The lowest BCUT2D eigenvalue weighted by Crippen LogP contribution is -2.45. The predicted octanol–water partition coefficient (Wildman–Crippen LogP) is 4.02. The molecule has 0 amide bonds. The van der Waals surface area contributed by atoms with E-state index < -0.39 is 0 Å². The first-order chi connectivity index (χ1) is 12.8. The molecule has 0 bridgehead atoms. The number of benzene rings is 2. The fourth-order valence-electron chi connectivity index (χ4n) is 3.67. The second-order valence-corrected chi connectivity index (χ2v) is 6.55. The summed E-state index contributed by atoms with van der Waals surface area (Å²) >= 11 is 0. The number of ether oxygens (including phenoxy) is 2. The van der Waals surface area contributed by atoms with Crippen molar-refractivity contribution in [2.45, 2.75) is 12.6 Å². The van der Waals surface area contributed by atoms with Crippen LogP contribution in [0.2, 0.25) is 0 Å². The van der Waals surface area contributed by atoms with Crippen molar-refractivity contribution in [1.29, 1.82) is 0 Å². The molecular weight excluding hydrogens is 364 g/mol. The van der Waals surface area contributed by atoms with E-state index in [1.807, 2.05) is 30.3 Å². The topological polar surface area (TPSA) is 46.9 Å². The summed E-state index contributed by atoms with van der Waals surface area (Å²) in [6.45, 7) is 3.60. The quantitative estimate of drug-likeness (QED) is 0.715. The fraction of sp³-hybridized carbons (Fsp3) is 0.333. The van der Waals surface area contributed by atoms with Crippen molar-refractivity contribution >= 4 is 23.4 Å². The van der Waals surface area contributed by atoms with Crippen molar-refractivity contribution in [3.05, 3.63) is 59.9 Å². The highest BCUT2D eigenvalue weighted by atomic mass is 35.5. The minimum atomic E-state index is 0. The zero-order valence-corrected chi connectivity index (χ0v) is 16.4. The van der Waals surface area contributed by atoms with Crippen molar-refractivity contribution in [3.8, 4) is 11.5 Å². The van der Waals surface area contributed by atoms with Crippen LogP contribution in [0.3, 0.4) is 0 Å². The molecule has 1 N–H and O–H groups in total. The van der Waals surface area contributed by atoms with Gasteiger partial charge in [-0.1, -0.05) is 18.2 Å². The van der Waals surface area contributed by atoms with Gasteiger partial charge in [0.25, 0.3) is 0 Å². The van der Waals surface area contributed by atoms with Crippen LogP contribution in [0.5, 0.6) is 11.5 Å². The normalized spacial score (nSPS) is 17.5. The van der Waals surface area contributed by atoms with E-state index >= 15 is 0 Å². The molecule has 1 aromatic heterocycles. The lowest BCUT2D eigenvalue weighted by Gasteiger charge is -2.36. The van der Waals surface area contributed by atoms with Gasteiger partial charge in [-0.2, -0.15) is 0 Å². The van der Waals surface area contributed by atoms with Gasteiger partial charge in [0, 0.05) is 30.6 Å². The molecule has 144 valence electrons. The van der Waals surface area contributed by atoms with Gasteiger partial charge in [0.2, 0.25) is 0 Å². The van der Waals surface area contributed by atoms with Gasteiger partial charge in [-0.15, -0.1) is 12.4 Å². The van der Waals surface area contributed by atoms with Crippen LogP contribution in [0.25, 0.3) is 11.0 Å². The first-order valence-corrected chi connectivity index (χ1v) is 8.92. The van der Waals surface area contributed by atoms with Gasteiger partial charge in [0.15, 0.2) is 0 Å². The molecule has 6 heteroatoms. The molecule has 5 nitrogen and oxygen atoms in total. The van der Waals surface area contributed by atoms with E-state index in [0.717, 1.165) is 54.4 Å². The third-order valence-electron chi connectivity index (χ3n) is 4.99. The molecule has 4 rings (SSSR count). The number of rotatable bonds is 5. The number of nitrogens with zero attached hydrogens (tertiary/aromatic N) is 1. The molecule has 2 aromatic carbocycles. The number of para-hydroxylation sites is 1. The lowest BCUT2D eigenvalue weighted by atomic mass is 10.0. The summed E-state index contributed by atoms with van der Waals surface area (Å²) in [7, 11) is 3.41. The van der Waals surface area contributed by atoms with E-state index in [4.69, 9.17) is 13.9 Å². The van der Waals surface area contributed by atoms with Crippen molar-refractivity contribution in [3.63, 3.8) is 0 Å². The number of furan rings is 1. The molecule has 0 aliphatic carbocycles. The van der Waals surface area contributed by atoms with Gasteiger partial charge in [0.05, 0.1) is 26.8 Å². The van der Waals surface area contributed by atoms with E-state index in [-0.39, 0.29) is 18.4 Å². The SMILES string of the molecule is COc1ccc2oc(CN3CCNCC3c3ccccc3OC)cc2c1.Cl. The summed E-state index contributed by atoms with van der Waals surface area (Å²) in [5.74, 6) is 2.74. The van der Waals surface area contributed by atoms with Crippen molar-refractivity contribution in [1.82, 2.24) is 10.2 Å². The zero-order chi connectivity index (χ0) is 17.9. The first kappa shape index (κ1) is 19.5. The van der Waals surface area contributed by atoms with Gasteiger partial charge in [0.1, 0.15) is 22.8 Å². The molecule has 1 aliphatic heterocycles. The smallest absolute Gasteiger partial charge is 0.134 e. The number of halogens is 1. The Morgan fingerprint density at radius 3 is 2.78 bits per heavy atom. The van der Waals surface area contributed by atoms with Gasteiger partial charge in [-0.05, 0) is 30.3 Å². The molecule has 0 radical (unpaired) electrons. The molecule has 1 unspecified atom stereocenters. The maximum absolute atomic E-state index is 6.06. The fourth-order valence-corrected chi connectivity index (χ4v) is 3.67. The summed E-state index contributed by atoms with van der Waals surface area (Å²) in [4.78, 5) is 2.45. The molecule has 0 saturated carbocycles. The van der Waals surface area contributed by atoms with Crippen LogP contribution >= 0.6 is 12.4 Å². The second kappa shape index (κ2) is 8.65. The Morgan fingerprint density at radius 1 is 1.11 bits per heavy atom. The second-order valence-electron chi connectivity index (χ2n) is 6.55. The molecular formula is C21H25ClN2O3. The highest BCUT2D eigenvalue weighted by molar-refractivity contribution is 5.85. The molecule has 27 heavy (non-hydrogen) atoms. The molecule has 1 aliphatic rings. The van der Waals surface area contributed by atoms with Crippen LogP contribution in [-0.2, 0) is 6.54 Å². The van der Waals surface area contributed by atoms with Crippen LogP contribution in [0.1, 0.15) is 17.4 Å². The number of hydrogen-bond acceptors (Lipinski definition) is 5. The number of piperazine rings is 1. The molecule has 1 atom stereocenters. The average molecular weight is 389 g/mol. The average Bonchev–Trinajstić information content (AvgIpc) is 3.09. The monoisotopic (exact) mass is 388 g/mol. The van der Waals surface area contributed by atoms with Crippen molar-refractivity contribution < 1.29 is 13.9 Å². The molecule has 1 saturated heterocycles. The van der Waals surface area contributed by atoms with Crippen molar-refractivity contribution in [2.75, 3.05) is 33.9 Å². The van der Waals surface area contributed by atoms with Crippen molar-refractivity contribution in [2.24, 2.45) is 0 Å². The van der Waals surface area contributed by atoms with Gasteiger partial charge < -0.3 is 19.2 Å². The first-order valence-electron chi connectivity index (χ1n) is 8.92. The third kappa shape index (κ3) is 4.05. The Labute approximate surface area is 165 Å². The van der Waals surface area contributed by atoms with E-state index in [9.17, 15) is 0 Å². The Hall–Kier alpha value is -2.21. The molecule has 2 heterocycles. The van der Waals surface area contributed by atoms with E-state index in [1.54, 1.807) is 14.2 Å². The minimum absolute atomic E-state index is 0. The van der Waals surface area contributed by atoms with E-state index in [1.165, 1.54) is 5.56 Å². The summed E-state index contributed by atoms with van der Waals surface area (Å²) in [6.07, 6.45) is 0. The van der Waals surface area contributed by atoms with Crippen LogP contribution in [-0.4, -0.2) is 38.8 Å². The summed E-state index contributed by atoms with van der Waals surface area (Å²) < 4.78 is 16.9. The zero-order valence-electron chi connectivity index (χ0n) is 15.6. The maximum atomic E-state index is 6.06. The van der Waals surface area contributed by atoms with Crippen LogP contribution in [0.4, 0.5) is 0 Å². The minimum Gasteiger partial charge on any atom is -0.497 e. The molecule has 0 spiro atoms. The Bertz CT molecular complexity index is 896. The molecule has 1 fully saturated rings. The standard InChI is InChI=1S/C21H24N2O3.ClH/c1-24-16-7-8-20-15(11-16)12-17(26-20)14-23-10-9-22-13-19(23)18-5-3-4-6-21(18)25-2;/h3-8,11-12,19,22H,9-10,13-14H2,1-2H3;1H. The number of fused-ring (bicyclic) bond motifs is 1. The lowest BCUT2D eigenvalue weighted by molar-refractivity contribution is 0.141. The summed E-state index contributed by atoms with van der Waals surface area (Å²) in [5, 5.41) is 4.57. The molecule has 3 aromatic rings. The summed E-state index contributed by atoms with van der Waals surface area (Å²) in [6, 6.07) is 16.5. The number of methoxy groups -OCH3 is 2. The van der Waals surface area contributed by atoms with Gasteiger partial charge in [-0.3, -0.25) is 4.90 Å². The van der Waals surface area contributed by atoms with Gasteiger partial charge in [-0.25, -0.2) is 0 Å². The number of nitrogens with one attached hydrogen (secondary N) is 1. The van der Waals surface area contributed by atoms with Crippen LogP contribution in [0, 0.1) is 0 Å². The Morgan fingerprint density at radius 2 is 1.96 bits per heavy atom. The van der Waals surface area contributed by atoms with E-state index in [2.05, 4.69) is 28.4 Å². The van der Waals surface area contributed by atoms with Gasteiger partial charge >= 0.3 is 0 Å². The Kier molecular flexibility index (Phi) is 6.26. The predicted molar refractivity (Wildman–Crippen MR) is 109 cm³/mol. The Balaban J connectivity index is 0.00000210. The summed E-state index contributed by atoms with van der Waals surface area (Å²) in [5.41, 5.74) is 2.10. The third-order valence-corrected chi connectivity index (χ3v) is 4.99. The largest absolute Gasteiger partial charge is 0.497 e.